The molecule has 1 aliphatic carbocycles. The van der Waals surface area contributed by atoms with Gasteiger partial charge in [-0.25, -0.2) is 9.59 Å². The van der Waals surface area contributed by atoms with Crippen LogP contribution >= 0.6 is 0 Å². The van der Waals surface area contributed by atoms with Gasteiger partial charge in [-0.15, -0.1) is 0 Å². The third-order valence-electron chi connectivity index (χ3n) is 5.17. The molecule has 26 heavy (non-hydrogen) atoms. The van der Waals surface area contributed by atoms with Gasteiger partial charge < -0.3 is 14.9 Å². The van der Waals surface area contributed by atoms with Gasteiger partial charge in [0.1, 0.15) is 0 Å². The predicted octanol–water partition coefficient (Wildman–Crippen LogP) is 4.18. The van der Waals surface area contributed by atoms with E-state index in [2.05, 4.69) is 6.92 Å². The van der Waals surface area contributed by atoms with Gasteiger partial charge in [-0.2, -0.15) is 0 Å². The van der Waals surface area contributed by atoms with Crippen molar-refractivity contribution in [2.75, 3.05) is 6.61 Å². The number of aliphatic carboxylic acids is 2. The number of esters is 1. The van der Waals surface area contributed by atoms with Crippen molar-refractivity contribution in [2.45, 2.75) is 78.1 Å². The molecule has 1 aliphatic rings. The van der Waals surface area contributed by atoms with Crippen LogP contribution in [-0.2, 0) is 19.1 Å². The van der Waals surface area contributed by atoms with E-state index in [1.165, 1.54) is 0 Å². The molecule has 1 atom stereocenters. The van der Waals surface area contributed by atoms with Gasteiger partial charge in [0, 0.05) is 0 Å². The second-order valence-corrected chi connectivity index (χ2v) is 7.11. The Kier molecular flexibility index (Phi) is 9.99. The maximum absolute atomic E-state index is 12.1. The first-order chi connectivity index (χ1) is 12.4. The van der Waals surface area contributed by atoms with E-state index in [4.69, 9.17) is 4.74 Å². The summed E-state index contributed by atoms with van der Waals surface area (Å²) in [6, 6.07) is 0. The standard InChI is InChI=1S/C20H32O6/c1-3-5-9-14(4-2)13-26-17(21)12-16(19(22)23)18(20(24)25)15-10-7-6-8-11-15/h14-15H,3-13H2,1-2H3,(H,22,23)(H,24,25)/b18-16+. The van der Waals surface area contributed by atoms with Crippen LogP contribution in [0.2, 0.25) is 0 Å². The molecule has 0 amide bonds. The average Bonchev–Trinajstić information content (AvgIpc) is 2.61. The average molecular weight is 368 g/mol. The first-order valence-corrected chi connectivity index (χ1v) is 9.75. The van der Waals surface area contributed by atoms with Gasteiger partial charge in [-0.3, -0.25) is 4.79 Å². The lowest BCUT2D eigenvalue weighted by Gasteiger charge is -2.23. The summed E-state index contributed by atoms with van der Waals surface area (Å²) in [4.78, 5) is 35.5. The van der Waals surface area contributed by atoms with Gasteiger partial charge in [0.25, 0.3) is 0 Å². The summed E-state index contributed by atoms with van der Waals surface area (Å²) in [6.07, 6.45) is 7.60. The van der Waals surface area contributed by atoms with E-state index in [-0.39, 0.29) is 29.6 Å². The van der Waals surface area contributed by atoms with Crippen molar-refractivity contribution in [2.24, 2.45) is 11.8 Å². The SMILES string of the molecule is CCCCC(CC)COC(=O)C/C(C(=O)O)=C(\C(=O)O)C1CCCCC1. The van der Waals surface area contributed by atoms with E-state index in [1.54, 1.807) is 0 Å². The number of hydrogen-bond acceptors (Lipinski definition) is 4. The maximum Gasteiger partial charge on any atom is 0.332 e. The van der Waals surface area contributed by atoms with E-state index >= 15 is 0 Å². The summed E-state index contributed by atoms with van der Waals surface area (Å²) in [5.41, 5.74) is -0.441. The van der Waals surface area contributed by atoms with Crippen molar-refractivity contribution < 1.29 is 29.3 Å². The Morgan fingerprint density at radius 1 is 1.04 bits per heavy atom. The van der Waals surface area contributed by atoms with Crippen molar-refractivity contribution in [1.82, 2.24) is 0 Å². The monoisotopic (exact) mass is 368 g/mol. The molecule has 0 aromatic heterocycles. The first-order valence-electron chi connectivity index (χ1n) is 9.75. The molecule has 0 aromatic rings. The van der Waals surface area contributed by atoms with Crippen LogP contribution in [0, 0.1) is 11.8 Å². The summed E-state index contributed by atoms with van der Waals surface area (Å²) >= 11 is 0. The van der Waals surface area contributed by atoms with E-state index < -0.39 is 24.3 Å². The molecule has 1 saturated carbocycles. The molecule has 6 nitrogen and oxygen atoms in total. The molecule has 1 fully saturated rings. The zero-order valence-electron chi connectivity index (χ0n) is 16.0. The van der Waals surface area contributed by atoms with Crippen molar-refractivity contribution in [3.63, 3.8) is 0 Å². The summed E-state index contributed by atoms with van der Waals surface area (Å²) in [6.45, 7) is 4.39. The number of unbranched alkanes of at least 4 members (excludes halogenated alkanes) is 1. The number of carbonyl (C=O) groups is 3. The molecule has 0 bridgehead atoms. The molecule has 0 aromatic carbocycles. The van der Waals surface area contributed by atoms with Gasteiger partial charge in [0.15, 0.2) is 0 Å². The van der Waals surface area contributed by atoms with Crippen LogP contribution in [0.25, 0.3) is 0 Å². The molecule has 0 aliphatic heterocycles. The zero-order chi connectivity index (χ0) is 19.5. The lowest BCUT2D eigenvalue weighted by atomic mass is 9.81. The van der Waals surface area contributed by atoms with E-state index in [1.807, 2.05) is 6.92 Å². The summed E-state index contributed by atoms with van der Waals surface area (Å²) < 4.78 is 5.26. The van der Waals surface area contributed by atoms with Gasteiger partial charge in [-0.05, 0) is 31.1 Å². The fourth-order valence-electron chi connectivity index (χ4n) is 3.53. The Bertz CT molecular complexity index is 516. The smallest absolute Gasteiger partial charge is 0.332 e. The quantitative estimate of drug-likeness (QED) is 0.419. The van der Waals surface area contributed by atoms with Gasteiger partial charge in [0.2, 0.25) is 0 Å². The number of ether oxygens (including phenoxy) is 1. The minimum Gasteiger partial charge on any atom is -0.478 e. The highest BCUT2D eigenvalue weighted by atomic mass is 16.5. The normalized spacial score (nSPS) is 17.3. The summed E-state index contributed by atoms with van der Waals surface area (Å²) in [5.74, 6) is -3.28. The molecule has 0 spiro atoms. The second-order valence-electron chi connectivity index (χ2n) is 7.11. The van der Waals surface area contributed by atoms with Crippen molar-refractivity contribution >= 4 is 17.9 Å². The Morgan fingerprint density at radius 2 is 1.69 bits per heavy atom. The molecule has 0 heterocycles. The molecule has 2 N–H and O–H groups in total. The predicted molar refractivity (Wildman–Crippen MR) is 97.8 cm³/mol. The minimum atomic E-state index is -1.34. The van der Waals surface area contributed by atoms with E-state index in [0.717, 1.165) is 44.9 Å². The van der Waals surface area contributed by atoms with Crippen LogP contribution < -0.4 is 0 Å². The molecule has 0 saturated heterocycles. The highest BCUT2D eigenvalue weighted by Crippen LogP contribution is 2.32. The highest BCUT2D eigenvalue weighted by molar-refractivity contribution is 6.02. The Hall–Kier alpha value is -1.85. The van der Waals surface area contributed by atoms with E-state index in [0.29, 0.717) is 12.8 Å². The van der Waals surface area contributed by atoms with Crippen LogP contribution in [0.3, 0.4) is 0 Å². The first kappa shape index (κ1) is 22.2. The molecule has 1 rings (SSSR count). The molecule has 6 heteroatoms. The molecule has 1 unspecified atom stereocenters. The second kappa shape index (κ2) is 11.7. The molecule has 148 valence electrons. The van der Waals surface area contributed by atoms with Crippen molar-refractivity contribution in [3.05, 3.63) is 11.1 Å². The topological polar surface area (TPSA) is 101 Å². The van der Waals surface area contributed by atoms with Crippen LogP contribution in [0.4, 0.5) is 0 Å². The summed E-state index contributed by atoms with van der Waals surface area (Å²) in [7, 11) is 0. The number of carboxylic acids is 2. The number of carboxylic acid groups (broad SMARTS) is 2. The third kappa shape index (κ3) is 7.18. The fraction of sp³-hybridized carbons (Fsp3) is 0.750. The van der Waals surface area contributed by atoms with Crippen molar-refractivity contribution in [3.8, 4) is 0 Å². The van der Waals surface area contributed by atoms with Gasteiger partial charge in [0.05, 0.1) is 24.2 Å². The maximum atomic E-state index is 12.1. The molecule has 0 radical (unpaired) electrons. The van der Waals surface area contributed by atoms with Gasteiger partial charge in [-0.1, -0.05) is 52.4 Å². The molecular weight excluding hydrogens is 336 g/mol. The Morgan fingerprint density at radius 3 is 2.19 bits per heavy atom. The van der Waals surface area contributed by atoms with Crippen LogP contribution in [0.5, 0.6) is 0 Å². The van der Waals surface area contributed by atoms with Crippen LogP contribution in [0.1, 0.15) is 78.1 Å². The highest BCUT2D eigenvalue weighted by Gasteiger charge is 2.30. The van der Waals surface area contributed by atoms with Crippen molar-refractivity contribution in [1.29, 1.82) is 0 Å². The largest absolute Gasteiger partial charge is 0.478 e. The fourth-order valence-corrected chi connectivity index (χ4v) is 3.53. The third-order valence-corrected chi connectivity index (χ3v) is 5.17. The Balaban J connectivity index is 2.82. The number of carbonyl (C=O) groups excluding carboxylic acids is 1. The summed E-state index contributed by atoms with van der Waals surface area (Å²) in [5, 5.41) is 19.0. The van der Waals surface area contributed by atoms with Crippen LogP contribution in [-0.4, -0.2) is 34.7 Å². The van der Waals surface area contributed by atoms with Gasteiger partial charge >= 0.3 is 17.9 Å². The van der Waals surface area contributed by atoms with Crippen LogP contribution in [0.15, 0.2) is 11.1 Å². The number of hydrogen-bond donors (Lipinski definition) is 2. The lowest BCUT2D eigenvalue weighted by Crippen LogP contribution is -2.23. The lowest BCUT2D eigenvalue weighted by molar-refractivity contribution is -0.146. The number of rotatable bonds is 11. The minimum absolute atomic E-state index is 0.118. The van der Waals surface area contributed by atoms with E-state index in [9.17, 15) is 24.6 Å². The Labute approximate surface area is 155 Å². The molecular formula is C20H32O6. The zero-order valence-corrected chi connectivity index (χ0v) is 16.0.